The number of piperidine rings is 1. The summed E-state index contributed by atoms with van der Waals surface area (Å²) < 4.78 is 40.2. The Labute approximate surface area is 186 Å². The maximum atomic E-state index is 13.4. The van der Waals surface area contributed by atoms with Gasteiger partial charge >= 0.3 is 6.18 Å². The molecule has 0 N–H and O–H groups in total. The molecule has 5 nitrogen and oxygen atoms in total. The molecule has 0 aromatic heterocycles. The van der Waals surface area contributed by atoms with E-state index >= 15 is 0 Å². The summed E-state index contributed by atoms with van der Waals surface area (Å²) in [6.07, 6.45) is -3.43. The molecular formula is C24H28F3N3O2. The molecule has 1 fully saturated rings. The van der Waals surface area contributed by atoms with Crippen LogP contribution in [-0.4, -0.2) is 60.0 Å². The number of hydrogen-bond acceptors (Lipinski definition) is 3. The molecule has 2 amide bonds. The summed E-state index contributed by atoms with van der Waals surface area (Å²) >= 11 is 0. The minimum absolute atomic E-state index is 0.0443. The summed E-state index contributed by atoms with van der Waals surface area (Å²) in [7, 11) is 0. The molecule has 32 heavy (non-hydrogen) atoms. The maximum absolute atomic E-state index is 13.4. The predicted molar refractivity (Wildman–Crippen MR) is 115 cm³/mol. The third kappa shape index (κ3) is 4.19. The fraction of sp³-hybridized carbons (Fsp3) is 0.542. The number of benzene rings is 1. The Morgan fingerprint density at radius 3 is 2.28 bits per heavy atom. The van der Waals surface area contributed by atoms with Crippen LogP contribution in [0, 0.1) is 5.41 Å². The van der Waals surface area contributed by atoms with Gasteiger partial charge in [-0.05, 0) is 36.0 Å². The smallest absolute Gasteiger partial charge is 0.337 e. The zero-order valence-electron chi connectivity index (χ0n) is 18.6. The van der Waals surface area contributed by atoms with E-state index in [1.807, 2.05) is 20.8 Å². The summed E-state index contributed by atoms with van der Waals surface area (Å²) in [6, 6.07) is 5.71. The lowest BCUT2D eigenvalue weighted by atomic mass is 9.86. The van der Waals surface area contributed by atoms with Crippen molar-refractivity contribution in [1.29, 1.82) is 0 Å². The average molecular weight is 448 g/mol. The molecule has 1 aromatic rings. The van der Waals surface area contributed by atoms with Crippen molar-refractivity contribution in [1.82, 2.24) is 9.80 Å². The fourth-order valence-electron chi connectivity index (χ4n) is 4.81. The highest BCUT2D eigenvalue weighted by atomic mass is 19.4. The van der Waals surface area contributed by atoms with Crippen molar-refractivity contribution in [2.45, 2.75) is 45.7 Å². The second-order valence-electron chi connectivity index (χ2n) is 9.81. The number of likely N-dealkylation sites (tertiary alicyclic amines) is 1. The Morgan fingerprint density at radius 1 is 1.00 bits per heavy atom. The summed E-state index contributed by atoms with van der Waals surface area (Å²) in [6.45, 7) is 7.73. The van der Waals surface area contributed by atoms with Crippen molar-refractivity contribution in [2.75, 3.05) is 32.7 Å². The highest BCUT2D eigenvalue weighted by molar-refractivity contribution is 6.46. The Morgan fingerprint density at radius 2 is 1.66 bits per heavy atom. The van der Waals surface area contributed by atoms with E-state index < -0.39 is 17.2 Å². The van der Waals surface area contributed by atoms with Crippen molar-refractivity contribution in [2.24, 2.45) is 10.4 Å². The van der Waals surface area contributed by atoms with Gasteiger partial charge in [-0.2, -0.15) is 13.2 Å². The third-order valence-electron chi connectivity index (χ3n) is 6.49. The number of hydrogen-bond donors (Lipinski definition) is 0. The zero-order valence-corrected chi connectivity index (χ0v) is 18.6. The quantitative estimate of drug-likeness (QED) is 0.687. The van der Waals surface area contributed by atoms with Crippen molar-refractivity contribution >= 4 is 17.5 Å². The van der Waals surface area contributed by atoms with E-state index in [0.29, 0.717) is 56.8 Å². The Hall–Kier alpha value is -2.64. The number of halogens is 3. The minimum atomic E-state index is -4.39. The van der Waals surface area contributed by atoms with Crippen LogP contribution in [0.4, 0.5) is 13.2 Å². The summed E-state index contributed by atoms with van der Waals surface area (Å²) in [5.41, 5.74) is 1.50. The Balaban J connectivity index is 1.41. The van der Waals surface area contributed by atoms with Crippen LogP contribution in [0.15, 0.2) is 40.4 Å². The molecule has 3 aliphatic rings. The highest BCUT2D eigenvalue weighted by Gasteiger charge is 2.40. The van der Waals surface area contributed by atoms with Gasteiger partial charge in [0.1, 0.15) is 5.71 Å². The van der Waals surface area contributed by atoms with Gasteiger partial charge in [-0.25, -0.2) is 0 Å². The molecule has 1 saturated heterocycles. The van der Waals surface area contributed by atoms with Crippen LogP contribution >= 0.6 is 0 Å². The second-order valence-corrected chi connectivity index (χ2v) is 9.81. The molecule has 3 aliphatic heterocycles. The minimum Gasteiger partial charge on any atom is -0.337 e. The van der Waals surface area contributed by atoms with Gasteiger partial charge in [0.25, 0.3) is 5.91 Å². The molecule has 0 unspecified atom stereocenters. The molecule has 1 aromatic carbocycles. The number of rotatable bonds is 2. The molecule has 0 spiro atoms. The van der Waals surface area contributed by atoms with E-state index in [-0.39, 0.29) is 17.7 Å². The third-order valence-corrected chi connectivity index (χ3v) is 6.49. The van der Waals surface area contributed by atoms with E-state index in [1.165, 1.54) is 6.07 Å². The first-order valence-corrected chi connectivity index (χ1v) is 11.0. The SMILES string of the molecule is CC(C)(C)C(=O)N1CC2=C(C1)C(C(=O)N1CCC(c3ccccc3C(F)(F)F)CC1)=NC2. The first-order valence-electron chi connectivity index (χ1n) is 11.0. The van der Waals surface area contributed by atoms with E-state index in [9.17, 15) is 22.8 Å². The molecule has 172 valence electrons. The summed E-state index contributed by atoms with van der Waals surface area (Å²) in [5.74, 6) is -0.367. The normalized spacial score (nSPS) is 20.0. The topological polar surface area (TPSA) is 53.0 Å². The van der Waals surface area contributed by atoms with Gasteiger partial charge in [0, 0.05) is 37.2 Å². The van der Waals surface area contributed by atoms with E-state index in [4.69, 9.17) is 0 Å². The molecule has 0 bridgehead atoms. The van der Waals surface area contributed by atoms with Gasteiger partial charge in [0.05, 0.1) is 12.1 Å². The van der Waals surface area contributed by atoms with Gasteiger partial charge in [-0.1, -0.05) is 39.0 Å². The van der Waals surface area contributed by atoms with Gasteiger partial charge in [-0.15, -0.1) is 0 Å². The van der Waals surface area contributed by atoms with E-state index in [2.05, 4.69) is 4.99 Å². The first kappa shape index (κ1) is 22.6. The van der Waals surface area contributed by atoms with Crippen LogP contribution in [-0.2, 0) is 15.8 Å². The standard InChI is InChI=1S/C24H28F3N3O2/c1-23(2,3)22(32)30-13-16-12-28-20(18(16)14-30)21(31)29-10-8-15(9-11-29)17-6-4-5-7-19(17)24(25,26)27/h4-7,15H,8-14H2,1-3H3. The number of carbonyl (C=O) groups is 2. The molecule has 0 atom stereocenters. The highest BCUT2D eigenvalue weighted by Crippen LogP contribution is 2.39. The molecule has 8 heteroatoms. The largest absolute Gasteiger partial charge is 0.416 e. The van der Waals surface area contributed by atoms with E-state index in [1.54, 1.807) is 21.9 Å². The van der Waals surface area contributed by atoms with Gasteiger partial charge in [0.15, 0.2) is 0 Å². The average Bonchev–Trinajstić information content (AvgIpc) is 3.32. The van der Waals surface area contributed by atoms with Crippen molar-refractivity contribution in [3.8, 4) is 0 Å². The Bertz CT molecular complexity index is 996. The molecule has 4 rings (SSSR count). The number of alkyl halides is 3. The Kier molecular flexibility index (Phi) is 5.67. The van der Waals surface area contributed by atoms with Crippen LogP contribution in [0.3, 0.4) is 0 Å². The summed E-state index contributed by atoms with van der Waals surface area (Å²) in [4.78, 5) is 33.7. The van der Waals surface area contributed by atoms with Crippen LogP contribution < -0.4 is 0 Å². The number of aliphatic imine (C=N–C) groups is 1. The number of carbonyl (C=O) groups excluding carboxylic acids is 2. The second kappa shape index (κ2) is 8.05. The lowest BCUT2D eigenvalue weighted by Crippen LogP contribution is -2.43. The van der Waals surface area contributed by atoms with Crippen LogP contribution in [0.5, 0.6) is 0 Å². The lowest BCUT2D eigenvalue weighted by molar-refractivity contribution is -0.139. The number of amides is 2. The molecule has 0 saturated carbocycles. The lowest BCUT2D eigenvalue weighted by Gasteiger charge is -2.33. The maximum Gasteiger partial charge on any atom is 0.416 e. The molecular weight excluding hydrogens is 419 g/mol. The predicted octanol–water partition coefficient (Wildman–Crippen LogP) is 4.05. The van der Waals surface area contributed by atoms with Crippen LogP contribution in [0.1, 0.15) is 50.7 Å². The first-order chi connectivity index (χ1) is 15.0. The van der Waals surface area contributed by atoms with Crippen molar-refractivity contribution in [3.63, 3.8) is 0 Å². The number of nitrogens with zero attached hydrogens (tertiary/aromatic N) is 3. The molecule has 3 heterocycles. The zero-order chi connectivity index (χ0) is 23.3. The van der Waals surface area contributed by atoms with Gasteiger partial charge < -0.3 is 9.80 Å². The molecule has 0 radical (unpaired) electrons. The van der Waals surface area contributed by atoms with Crippen molar-refractivity contribution in [3.05, 3.63) is 46.5 Å². The van der Waals surface area contributed by atoms with Gasteiger partial charge in [-0.3, -0.25) is 14.6 Å². The molecule has 0 aliphatic carbocycles. The van der Waals surface area contributed by atoms with Crippen molar-refractivity contribution < 1.29 is 22.8 Å². The van der Waals surface area contributed by atoms with Crippen LogP contribution in [0.25, 0.3) is 0 Å². The van der Waals surface area contributed by atoms with Gasteiger partial charge in [0.2, 0.25) is 5.91 Å². The fourth-order valence-corrected chi connectivity index (χ4v) is 4.81. The van der Waals surface area contributed by atoms with Crippen LogP contribution in [0.2, 0.25) is 0 Å². The van der Waals surface area contributed by atoms with E-state index in [0.717, 1.165) is 17.2 Å². The monoisotopic (exact) mass is 447 g/mol. The summed E-state index contributed by atoms with van der Waals surface area (Å²) in [5, 5.41) is 0.